The van der Waals surface area contributed by atoms with Crippen LogP contribution in [-0.2, 0) is 14.6 Å². The van der Waals surface area contributed by atoms with Crippen molar-refractivity contribution < 1.29 is 17.6 Å². The quantitative estimate of drug-likeness (QED) is 0.880. The molecule has 2 aromatic carbocycles. The third-order valence-electron chi connectivity index (χ3n) is 3.21. The summed E-state index contributed by atoms with van der Waals surface area (Å²) < 4.78 is 35.9. The molecule has 2 N–H and O–H groups in total. The molecule has 0 fully saturated rings. The Morgan fingerprint density at radius 2 is 1.78 bits per heavy atom. The highest BCUT2D eigenvalue weighted by Gasteiger charge is 2.08. The number of rotatable bonds is 5. The van der Waals surface area contributed by atoms with E-state index in [1.807, 2.05) is 6.92 Å². The number of carbonyl (C=O) groups excluding carboxylic acids is 1. The largest absolute Gasteiger partial charge is 0.376 e. The smallest absolute Gasteiger partial charge is 0.243 e. The second kappa shape index (κ2) is 6.78. The summed E-state index contributed by atoms with van der Waals surface area (Å²) in [6.07, 6.45) is 1.12. The molecule has 0 saturated heterocycles. The molecule has 0 spiro atoms. The Hall–Kier alpha value is -2.41. The molecule has 2 rings (SSSR count). The molecular weight excluding hydrogens is 319 g/mol. The van der Waals surface area contributed by atoms with E-state index < -0.39 is 9.84 Å². The third-order valence-corrected chi connectivity index (χ3v) is 4.33. The van der Waals surface area contributed by atoms with Gasteiger partial charge in [-0.05, 0) is 48.9 Å². The summed E-state index contributed by atoms with van der Waals surface area (Å²) in [5.74, 6) is -0.698. The average molecular weight is 336 g/mol. The molecule has 0 atom stereocenters. The van der Waals surface area contributed by atoms with E-state index in [4.69, 9.17) is 0 Å². The van der Waals surface area contributed by atoms with E-state index in [1.165, 1.54) is 36.4 Å². The topological polar surface area (TPSA) is 75.3 Å². The van der Waals surface area contributed by atoms with Gasteiger partial charge in [0.2, 0.25) is 5.91 Å². The Balaban J connectivity index is 1.96. The zero-order valence-electron chi connectivity index (χ0n) is 12.8. The molecule has 0 heterocycles. The molecule has 0 radical (unpaired) electrons. The summed E-state index contributed by atoms with van der Waals surface area (Å²) in [4.78, 5) is 12.1. The first-order valence-electron chi connectivity index (χ1n) is 6.86. The van der Waals surface area contributed by atoms with Gasteiger partial charge in [0.15, 0.2) is 9.84 Å². The normalized spacial score (nSPS) is 11.1. The van der Waals surface area contributed by atoms with Crippen LogP contribution in [0.4, 0.5) is 15.8 Å². The van der Waals surface area contributed by atoms with Gasteiger partial charge in [-0.15, -0.1) is 0 Å². The lowest BCUT2D eigenvalue weighted by atomic mass is 10.2. The van der Waals surface area contributed by atoms with Crippen LogP contribution in [0.5, 0.6) is 0 Å². The molecule has 0 aliphatic heterocycles. The molecule has 5 nitrogen and oxygen atoms in total. The molecule has 0 aromatic heterocycles. The predicted molar refractivity (Wildman–Crippen MR) is 87.8 cm³/mol. The lowest BCUT2D eigenvalue weighted by Crippen LogP contribution is -2.22. The van der Waals surface area contributed by atoms with Gasteiger partial charge in [-0.1, -0.05) is 6.07 Å². The number of hydrogen-bond donors (Lipinski definition) is 2. The van der Waals surface area contributed by atoms with Crippen molar-refractivity contribution in [3.8, 4) is 0 Å². The predicted octanol–water partition coefficient (Wildman–Crippen LogP) is 2.59. The highest BCUT2D eigenvalue weighted by Crippen LogP contribution is 2.16. The molecule has 0 saturated carbocycles. The van der Waals surface area contributed by atoms with Crippen molar-refractivity contribution in [3.05, 3.63) is 53.8 Å². The van der Waals surface area contributed by atoms with Gasteiger partial charge < -0.3 is 10.6 Å². The second-order valence-corrected chi connectivity index (χ2v) is 7.17. The fourth-order valence-electron chi connectivity index (χ4n) is 1.95. The van der Waals surface area contributed by atoms with Crippen LogP contribution >= 0.6 is 0 Å². The van der Waals surface area contributed by atoms with E-state index in [-0.39, 0.29) is 23.2 Å². The number of benzene rings is 2. The standard InChI is InChI=1S/C16H17FN2O3S/c1-11-3-4-12(17)9-15(11)18-10-16(20)19-13-5-7-14(8-6-13)23(2,21)22/h3-9,18H,10H2,1-2H3,(H,19,20). The molecule has 2 aromatic rings. The van der Waals surface area contributed by atoms with E-state index in [2.05, 4.69) is 10.6 Å². The molecule has 0 unspecified atom stereocenters. The van der Waals surface area contributed by atoms with Crippen molar-refractivity contribution in [2.45, 2.75) is 11.8 Å². The fraction of sp³-hybridized carbons (Fsp3) is 0.188. The van der Waals surface area contributed by atoms with E-state index in [1.54, 1.807) is 6.07 Å². The van der Waals surface area contributed by atoms with E-state index >= 15 is 0 Å². The van der Waals surface area contributed by atoms with E-state index in [9.17, 15) is 17.6 Å². The first-order valence-corrected chi connectivity index (χ1v) is 8.75. The number of halogens is 1. The number of nitrogens with one attached hydrogen (secondary N) is 2. The summed E-state index contributed by atoms with van der Waals surface area (Å²) in [6, 6.07) is 10.2. The molecule has 7 heteroatoms. The van der Waals surface area contributed by atoms with Crippen molar-refractivity contribution in [2.75, 3.05) is 23.4 Å². The average Bonchev–Trinajstić information content (AvgIpc) is 2.48. The summed E-state index contributed by atoms with van der Waals surface area (Å²) in [7, 11) is -3.26. The maximum Gasteiger partial charge on any atom is 0.243 e. The zero-order chi connectivity index (χ0) is 17.0. The second-order valence-electron chi connectivity index (χ2n) is 5.16. The lowest BCUT2D eigenvalue weighted by molar-refractivity contribution is -0.114. The van der Waals surface area contributed by atoms with Crippen molar-refractivity contribution in [1.82, 2.24) is 0 Å². The monoisotopic (exact) mass is 336 g/mol. The number of amides is 1. The Morgan fingerprint density at radius 3 is 2.39 bits per heavy atom. The SMILES string of the molecule is Cc1ccc(F)cc1NCC(=O)Nc1ccc(S(C)(=O)=O)cc1. The van der Waals surface area contributed by atoms with Gasteiger partial charge in [0.05, 0.1) is 11.4 Å². The fourth-order valence-corrected chi connectivity index (χ4v) is 2.58. The molecule has 23 heavy (non-hydrogen) atoms. The highest BCUT2D eigenvalue weighted by molar-refractivity contribution is 7.90. The molecule has 1 amide bonds. The van der Waals surface area contributed by atoms with Crippen LogP contribution in [0.1, 0.15) is 5.56 Å². The first-order chi connectivity index (χ1) is 10.8. The van der Waals surface area contributed by atoms with Crippen LogP contribution in [0.3, 0.4) is 0 Å². The Bertz CT molecular complexity index is 818. The number of carbonyl (C=O) groups is 1. The minimum atomic E-state index is -3.26. The van der Waals surface area contributed by atoms with Crippen molar-refractivity contribution in [3.63, 3.8) is 0 Å². The molecular formula is C16H17FN2O3S. The van der Waals surface area contributed by atoms with Gasteiger partial charge in [0.25, 0.3) is 0 Å². The minimum absolute atomic E-state index is 0.0296. The Labute approximate surface area is 134 Å². The van der Waals surface area contributed by atoms with Crippen molar-refractivity contribution in [2.24, 2.45) is 0 Å². The number of aryl methyl sites for hydroxylation is 1. The van der Waals surface area contributed by atoms with Crippen LogP contribution in [0.15, 0.2) is 47.4 Å². The molecule has 0 bridgehead atoms. The van der Waals surface area contributed by atoms with Crippen LogP contribution in [-0.4, -0.2) is 27.1 Å². The zero-order valence-corrected chi connectivity index (χ0v) is 13.6. The van der Waals surface area contributed by atoms with Gasteiger partial charge in [-0.25, -0.2) is 12.8 Å². The van der Waals surface area contributed by atoms with Crippen LogP contribution in [0.2, 0.25) is 0 Å². The number of anilines is 2. The Kier molecular flexibility index (Phi) is 5.00. The third kappa shape index (κ3) is 4.79. The van der Waals surface area contributed by atoms with E-state index in [0.717, 1.165) is 11.8 Å². The van der Waals surface area contributed by atoms with Crippen molar-refractivity contribution >= 4 is 27.1 Å². The van der Waals surface area contributed by atoms with E-state index in [0.29, 0.717) is 11.4 Å². The van der Waals surface area contributed by atoms with Crippen LogP contribution in [0.25, 0.3) is 0 Å². The summed E-state index contributed by atoms with van der Waals surface area (Å²) >= 11 is 0. The molecule has 0 aliphatic carbocycles. The van der Waals surface area contributed by atoms with Gasteiger partial charge >= 0.3 is 0 Å². The maximum atomic E-state index is 13.2. The van der Waals surface area contributed by atoms with Gasteiger partial charge in [0.1, 0.15) is 5.82 Å². The minimum Gasteiger partial charge on any atom is -0.376 e. The van der Waals surface area contributed by atoms with Crippen LogP contribution < -0.4 is 10.6 Å². The van der Waals surface area contributed by atoms with Gasteiger partial charge in [0, 0.05) is 17.6 Å². The van der Waals surface area contributed by atoms with Crippen LogP contribution in [0, 0.1) is 12.7 Å². The molecule has 122 valence electrons. The van der Waals surface area contributed by atoms with Crippen molar-refractivity contribution in [1.29, 1.82) is 0 Å². The Morgan fingerprint density at radius 1 is 1.13 bits per heavy atom. The molecule has 0 aliphatic rings. The number of sulfone groups is 1. The first kappa shape index (κ1) is 17.0. The summed E-state index contributed by atoms with van der Waals surface area (Å²) in [6.45, 7) is 1.78. The number of hydrogen-bond acceptors (Lipinski definition) is 4. The maximum absolute atomic E-state index is 13.2. The summed E-state index contributed by atoms with van der Waals surface area (Å²) in [5, 5.41) is 5.50. The highest BCUT2D eigenvalue weighted by atomic mass is 32.2. The summed E-state index contributed by atoms with van der Waals surface area (Å²) in [5.41, 5.74) is 1.87. The van der Waals surface area contributed by atoms with Gasteiger partial charge in [-0.2, -0.15) is 0 Å². The lowest BCUT2D eigenvalue weighted by Gasteiger charge is -2.10. The van der Waals surface area contributed by atoms with Gasteiger partial charge in [-0.3, -0.25) is 4.79 Å².